The summed E-state index contributed by atoms with van der Waals surface area (Å²) in [6.07, 6.45) is 5.52. The van der Waals surface area contributed by atoms with Gasteiger partial charge in [-0.05, 0) is 54.6 Å². The van der Waals surface area contributed by atoms with E-state index in [1.807, 2.05) is 24.3 Å². The van der Waals surface area contributed by atoms with Gasteiger partial charge >= 0.3 is 0 Å². The van der Waals surface area contributed by atoms with Gasteiger partial charge in [0.2, 0.25) is 0 Å². The van der Waals surface area contributed by atoms with Gasteiger partial charge in [0.25, 0.3) is 15.9 Å². The van der Waals surface area contributed by atoms with Crippen molar-refractivity contribution in [2.75, 3.05) is 18.5 Å². The maximum atomic E-state index is 13.0. The summed E-state index contributed by atoms with van der Waals surface area (Å²) in [5.41, 5.74) is 1.65. The van der Waals surface area contributed by atoms with Crippen LogP contribution in [0, 0.1) is 12.3 Å². The maximum absolute atomic E-state index is 13.0. The minimum Gasteiger partial charge on any atom is -0.497 e. The van der Waals surface area contributed by atoms with Crippen LogP contribution in [0.1, 0.15) is 10.4 Å². The molecule has 1 aromatic heterocycles. The standard InChI is InChI=1S/C25H21N3O4S2/c1-4-16-28-22-15-12-20(32-3)17-23(22)33-25(28)26-24(29)18-10-13-21(14-11-18)34(30,31)27(2)19-8-6-5-7-9-19/h1,5-15,17H,16H2,2-3H3. The Balaban J connectivity index is 1.66. The van der Waals surface area contributed by atoms with E-state index in [-0.39, 0.29) is 17.0 Å². The third-order valence-corrected chi connectivity index (χ3v) is 8.06. The molecule has 1 heterocycles. The zero-order valence-electron chi connectivity index (χ0n) is 18.5. The number of nitrogens with zero attached hydrogens (tertiary/aromatic N) is 3. The van der Waals surface area contributed by atoms with Crippen molar-refractivity contribution in [3.05, 3.63) is 83.2 Å². The smallest absolute Gasteiger partial charge is 0.279 e. The van der Waals surface area contributed by atoms with Gasteiger partial charge in [-0.1, -0.05) is 35.5 Å². The predicted molar refractivity (Wildman–Crippen MR) is 134 cm³/mol. The van der Waals surface area contributed by atoms with Crippen molar-refractivity contribution in [2.24, 2.45) is 4.99 Å². The van der Waals surface area contributed by atoms with Gasteiger partial charge < -0.3 is 9.30 Å². The number of ether oxygens (including phenoxy) is 1. The van der Waals surface area contributed by atoms with Crippen LogP contribution < -0.4 is 13.8 Å². The van der Waals surface area contributed by atoms with E-state index < -0.39 is 15.9 Å². The summed E-state index contributed by atoms with van der Waals surface area (Å²) in [4.78, 5) is 17.7. The summed E-state index contributed by atoms with van der Waals surface area (Å²) in [7, 11) is -0.706. The lowest BCUT2D eigenvalue weighted by molar-refractivity contribution is 0.0998. The summed E-state index contributed by atoms with van der Waals surface area (Å²) in [6, 6.07) is 20.0. The molecule has 0 spiro atoms. The molecule has 0 radical (unpaired) electrons. The molecule has 1 amide bonds. The van der Waals surface area contributed by atoms with Crippen LogP contribution in [0.2, 0.25) is 0 Å². The molecule has 0 bridgehead atoms. The van der Waals surface area contributed by atoms with Crippen LogP contribution in [0.4, 0.5) is 5.69 Å². The molecule has 0 N–H and O–H groups in total. The molecule has 9 heteroatoms. The predicted octanol–water partition coefficient (Wildman–Crippen LogP) is 3.91. The van der Waals surface area contributed by atoms with Crippen molar-refractivity contribution in [3.8, 4) is 18.1 Å². The Morgan fingerprint density at radius 2 is 1.82 bits per heavy atom. The maximum Gasteiger partial charge on any atom is 0.279 e. The highest BCUT2D eigenvalue weighted by molar-refractivity contribution is 7.92. The first kappa shape index (κ1) is 23.3. The number of hydrogen-bond donors (Lipinski definition) is 0. The summed E-state index contributed by atoms with van der Waals surface area (Å²) < 4.78 is 35.1. The second-order valence-corrected chi connectivity index (χ2v) is 10.2. The Hall–Kier alpha value is -3.87. The number of para-hydroxylation sites is 1. The van der Waals surface area contributed by atoms with Crippen molar-refractivity contribution < 1.29 is 17.9 Å². The number of benzene rings is 3. The molecule has 34 heavy (non-hydrogen) atoms. The molecule has 0 atom stereocenters. The molecule has 0 unspecified atom stereocenters. The number of aromatic nitrogens is 1. The second kappa shape index (κ2) is 9.55. The molecule has 4 rings (SSSR count). The molecule has 4 aromatic rings. The van der Waals surface area contributed by atoms with Crippen LogP contribution in [0.3, 0.4) is 0 Å². The first-order chi connectivity index (χ1) is 16.3. The van der Waals surface area contributed by atoms with Gasteiger partial charge in [-0.2, -0.15) is 4.99 Å². The summed E-state index contributed by atoms with van der Waals surface area (Å²) >= 11 is 1.32. The Bertz CT molecular complexity index is 1560. The van der Waals surface area contributed by atoms with E-state index in [1.165, 1.54) is 47.0 Å². The number of anilines is 1. The second-order valence-electron chi connectivity index (χ2n) is 7.26. The van der Waals surface area contributed by atoms with E-state index in [2.05, 4.69) is 10.9 Å². The highest BCUT2D eigenvalue weighted by atomic mass is 32.2. The first-order valence-corrected chi connectivity index (χ1v) is 12.4. The summed E-state index contributed by atoms with van der Waals surface area (Å²) in [5, 5.41) is 0. The first-order valence-electron chi connectivity index (χ1n) is 10.2. The van der Waals surface area contributed by atoms with E-state index in [9.17, 15) is 13.2 Å². The SMILES string of the molecule is C#CCn1c(=NC(=O)c2ccc(S(=O)(=O)N(C)c3ccccc3)cc2)sc2cc(OC)ccc21. The third-order valence-electron chi connectivity index (χ3n) is 5.22. The number of methoxy groups -OCH3 is 1. The summed E-state index contributed by atoms with van der Waals surface area (Å²) in [6.45, 7) is 0.251. The molecular formula is C25H21N3O4S2. The van der Waals surface area contributed by atoms with Crippen molar-refractivity contribution in [1.82, 2.24) is 4.57 Å². The van der Waals surface area contributed by atoms with Crippen molar-refractivity contribution >= 4 is 43.2 Å². The molecule has 0 aliphatic carbocycles. The fourth-order valence-electron chi connectivity index (χ4n) is 3.37. The lowest BCUT2D eigenvalue weighted by atomic mass is 10.2. The molecule has 0 fully saturated rings. The molecule has 172 valence electrons. The van der Waals surface area contributed by atoms with Crippen LogP contribution in [0.15, 0.2) is 82.7 Å². The highest BCUT2D eigenvalue weighted by Crippen LogP contribution is 2.24. The highest BCUT2D eigenvalue weighted by Gasteiger charge is 2.21. The lowest BCUT2D eigenvalue weighted by Crippen LogP contribution is -2.26. The third kappa shape index (κ3) is 4.46. The topological polar surface area (TPSA) is 81.0 Å². The zero-order chi connectivity index (χ0) is 24.3. The minimum atomic E-state index is -3.78. The molecule has 0 aliphatic rings. The van der Waals surface area contributed by atoms with E-state index in [0.717, 1.165) is 10.2 Å². The number of rotatable bonds is 6. The average Bonchev–Trinajstić information content (AvgIpc) is 3.20. The monoisotopic (exact) mass is 491 g/mol. The number of amides is 1. The lowest BCUT2D eigenvalue weighted by Gasteiger charge is -2.19. The van der Waals surface area contributed by atoms with Crippen molar-refractivity contribution in [1.29, 1.82) is 0 Å². The Morgan fingerprint density at radius 1 is 1.12 bits per heavy atom. The van der Waals surface area contributed by atoms with Gasteiger partial charge in [-0.3, -0.25) is 9.10 Å². The molecule has 0 aliphatic heterocycles. The molecule has 3 aromatic carbocycles. The number of sulfonamides is 1. The van der Waals surface area contributed by atoms with E-state index in [0.29, 0.717) is 16.2 Å². The van der Waals surface area contributed by atoms with Crippen LogP contribution >= 0.6 is 11.3 Å². The number of terminal acetylenes is 1. The summed E-state index contributed by atoms with van der Waals surface area (Å²) in [5.74, 6) is 2.78. The number of hydrogen-bond acceptors (Lipinski definition) is 5. The largest absolute Gasteiger partial charge is 0.497 e. The average molecular weight is 492 g/mol. The van der Waals surface area contributed by atoms with E-state index >= 15 is 0 Å². The van der Waals surface area contributed by atoms with E-state index in [1.54, 1.807) is 35.9 Å². The van der Waals surface area contributed by atoms with Crippen LogP contribution in [0.5, 0.6) is 5.75 Å². The number of thiazole rings is 1. The quantitative estimate of drug-likeness (QED) is 0.383. The van der Waals surface area contributed by atoms with Crippen molar-refractivity contribution in [2.45, 2.75) is 11.4 Å². The van der Waals surface area contributed by atoms with Gasteiger partial charge in [0.05, 0.1) is 34.5 Å². The van der Waals surface area contributed by atoms with Crippen LogP contribution in [-0.2, 0) is 16.6 Å². The van der Waals surface area contributed by atoms with Gasteiger partial charge in [0.1, 0.15) is 5.75 Å². The van der Waals surface area contributed by atoms with E-state index in [4.69, 9.17) is 11.2 Å². The normalized spacial score (nSPS) is 11.9. The zero-order valence-corrected chi connectivity index (χ0v) is 20.1. The molecule has 0 saturated heterocycles. The van der Waals surface area contributed by atoms with Gasteiger partial charge in [0.15, 0.2) is 4.80 Å². The van der Waals surface area contributed by atoms with Crippen LogP contribution in [-0.4, -0.2) is 33.0 Å². The minimum absolute atomic E-state index is 0.0757. The fraction of sp³-hybridized carbons (Fsp3) is 0.120. The van der Waals surface area contributed by atoms with Crippen LogP contribution in [0.25, 0.3) is 10.2 Å². The fourth-order valence-corrected chi connectivity index (χ4v) is 5.62. The molecule has 0 saturated carbocycles. The number of fused-ring (bicyclic) bond motifs is 1. The number of carbonyl (C=O) groups is 1. The molecular weight excluding hydrogens is 470 g/mol. The Kier molecular flexibility index (Phi) is 6.54. The van der Waals surface area contributed by atoms with Gasteiger partial charge in [-0.15, -0.1) is 6.42 Å². The van der Waals surface area contributed by atoms with Crippen molar-refractivity contribution in [3.63, 3.8) is 0 Å². The Labute approximate surface area is 201 Å². The number of carbonyl (C=O) groups excluding carboxylic acids is 1. The Morgan fingerprint density at radius 3 is 2.47 bits per heavy atom. The van der Waals surface area contributed by atoms with Gasteiger partial charge in [0, 0.05) is 12.6 Å². The van der Waals surface area contributed by atoms with Gasteiger partial charge in [-0.25, -0.2) is 8.42 Å². The molecule has 7 nitrogen and oxygen atoms in total.